The van der Waals surface area contributed by atoms with Crippen molar-refractivity contribution in [1.29, 1.82) is 5.26 Å². The average Bonchev–Trinajstić information content (AvgIpc) is 3.23. The van der Waals surface area contributed by atoms with E-state index in [9.17, 15) is 25.1 Å². The fourth-order valence-electron chi connectivity index (χ4n) is 6.62. The number of nitriles is 1. The first kappa shape index (κ1) is 47.1. The van der Waals surface area contributed by atoms with E-state index in [1.807, 2.05) is 50.2 Å². The van der Waals surface area contributed by atoms with Crippen molar-refractivity contribution in [2.75, 3.05) is 20.2 Å². The first-order valence-corrected chi connectivity index (χ1v) is 20.3. The first-order chi connectivity index (χ1) is 29.8. The van der Waals surface area contributed by atoms with Gasteiger partial charge in [-0.25, -0.2) is 0 Å². The number of carboxylic acids is 2. The number of pyridine rings is 1. The number of rotatable bonds is 23. The number of carbonyl (C=O) groups is 2. The molecule has 326 valence electrons. The monoisotopic (exact) mass is 886 g/mol. The van der Waals surface area contributed by atoms with E-state index in [2.05, 4.69) is 21.7 Å². The number of halogens is 2. The number of aliphatic hydroxyl groups excluding tert-OH is 2. The van der Waals surface area contributed by atoms with Crippen molar-refractivity contribution in [3.63, 3.8) is 0 Å². The van der Waals surface area contributed by atoms with Crippen molar-refractivity contribution in [3.05, 3.63) is 134 Å². The van der Waals surface area contributed by atoms with Gasteiger partial charge in [0.1, 0.15) is 48.9 Å². The lowest BCUT2D eigenvalue weighted by molar-refractivity contribution is -0.140. The summed E-state index contributed by atoms with van der Waals surface area (Å²) in [4.78, 5) is 26.0. The van der Waals surface area contributed by atoms with Gasteiger partial charge in [0.25, 0.3) is 0 Å². The number of carboxylic acid groups (broad SMARTS) is 2. The summed E-state index contributed by atoms with van der Waals surface area (Å²) in [5.41, 5.74) is 7.91. The van der Waals surface area contributed by atoms with Crippen molar-refractivity contribution >= 4 is 35.1 Å². The minimum absolute atomic E-state index is 0.0315. The Hall–Kier alpha value is -5.92. The van der Waals surface area contributed by atoms with E-state index in [1.54, 1.807) is 43.6 Å². The summed E-state index contributed by atoms with van der Waals surface area (Å²) in [6.07, 6.45) is 0.186. The van der Waals surface area contributed by atoms with Crippen LogP contribution in [0.2, 0.25) is 10.0 Å². The Morgan fingerprint density at radius 1 is 0.694 bits per heavy atom. The lowest BCUT2D eigenvalue weighted by atomic mass is 9.93. The fourth-order valence-corrected chi connectivity index (χ4v) is 7.10. The lowest BCUT2D eigenvalue weighted by Gasteiger charge is -2.19. The van der Waals surface area contributed by atoms with Crippen LogP contribution in [0.25, 0.3) is 11.1 Å². The molecule has 4 aromatic carbocycles. The minimum atomic E-state index is -1.11. The molecule has 0 aliphatic heterocycles. The molecule has 62 heavy (non-hydrogen) atoms. The summed E-state index contributed by atoms with van der Waals surface area (Å²) in [5, 5.41) is 54.0. The average molecular weight is 888 g/mol. The summed E-state index contributed by atoms with van der Waals surface area (Å²) in [6, 6.07) is 22.5. The van der Waals surface area contributed by atoms with Crippen LogP contribution in [0, 0.1) is 25.2 Å². The first-order valence-electron chi connectivity index (χ1n) is 19.6. The Morgan fingerprint density at radius 2 is 1.27 bits per heavy atom. The standard InChI is InChI=1S/C46H48Cl2N4O10/c1-27-31(25-62-44-16-43(60-24-30-10-29(17-49)18-50-19-30)33(12-40(44)48)21-52-23-36(54)15-46(57)58)6-4-7-37(27)38-8-5-9-41(28(38)2)61-26-34-13-42(59-3)32(11-39(34)47)20-51-22-35(53)14-45(55)56/h4-13,16,18-19,35-36,51-54H,14-15,20-26H2,1-3H3,(H,55,56)(H,57,58)/t35-,36-/m0/s1. The second-order valence-electron chi connectivity index (χ2n) is 14.5. The van der Waals surface area contributed by atoms with Crippen LogP contribution in [0.4, 0.5) is 0 Å². The fraction of sp³-hybridized carbons (Fsp3) is 0.304. The molecule has 14 nitrogen and oxygen atoms in total. The van der Waals surface area contributed by atoms with Gasteiger partial charge in [-0.05, 0) is 72.0 Å². The number of ether oxygens (including phenoxy) is 4. The molecule has 2 atom stereocenters. The van der Waals surface area contributed by atoms with Gasteiger partial charge in [-0.1, -0.05) is 53.5 Å². The third-order valence-electron chi connectivity index (χ3n) is 9.88. The number of aliphatic hydroxyl groups is 2. The molecule has 0 aliphatic carbocycles. The lowest BCUT2D eigenvalue weighted by Crippen LogP contribution is -2.28. The number of hydrogen-bond acceptors (Lipinski definition) is 12. The zero-order valence-corrected chi connectivity index (χ0v) is 35.9. The van der Waals surface area contributed by atoms with Crippen LogP contribution < -0.4 is 29.6 Å². The van der Waals surface area contributed by atoms with Gasteiger partial charge in [-0.2, -0.15) is 5.26 Å². The molecule has 0 aliphatic rings. The van der Waals surface area contributed by atoms with Gasteiger partial charge in [0.2, 0.25) is 0 Å². The maximum atomic E-state index is 11.0. The number of aromatic nitrogens is 1. The molecular formula is C46H48Cl2N4O10. The van der Waals surface area contributed by atoms with Crippen LogP contribution >= 0.6 is 23.2 Å². The number of nitrogens with zero attached hydrogens (tertiary/aromatic N) is 2. The molecule has 0 radical (unpaired) electrons. The summed E-state index contributed by atoms with van der Waals surface area (Å²) in [6.45, 7) is 5.08. The van der Waals surface area contributed by atoms with Gasteiger partial charge in [-0.15, -0.1) is 0 Å². The second-order valence-corrected chi connectivity index (χ2v) is 15.3. The van der Waals surface area contributed by atoms with Crippen molar-refractivity contribution in [2.24, 2.45) is 0 Å². The molecule has 0 spiro atoms. The highest BCUT2D eigenvalue weighted by molar-refractivity contribution is 6.32. The van der Waals surface area contributed by atoms with E-state index >= 15 is 0 Å². The predicted octanol–water partition coefficient (Wildman–Crippen LogP) is 7.14. The minimum Gasteiger partial charge on any atom is -0.496 e. The van der Waals surface area contributed by atoms with Crippen molar-refractivity contribution < 1.29 is 49.0 Å². The summed E-state index contributed by atoms with van der Waals surface area (Å²) in [5.74, 6) is -0.155. The predicted molar refractivity (Wildman–Crippen MR) is 233 cm³/mol. The summed E-state index contributed by atoms with van der Waals surface area (Å²) >= 11 is 13.4. The van der Waals surface area contributed by atoms with Crippen LogP contribution in [0.1, 0.15) is 57.3 Å². The van der Waals surface area contributed by atoms with E-state index in [-0.39, 0.29) is 45.9 Å². The maximum absolute atomic E-state index is 11.0. The van der Waals surface area contributed by atoms with Crippen molar-refractivity contribution in [3.8, 4) is 40.2 Å². The van der Waals surface area contributed by atoms with E-state index in [4.69, 9.17) is 52.4 Å². The molecule has 0 unspecified atom stereocenters. The molecule has 0 saturated carbocycles. The molecular weight excluding hydrogens is 839 g/mol. The number of hydrogen-bond donors (Lipinski definition) is 6. The van der Waals surface area contributed by atoms with Crippen LogP contribution in [0.5, 0.6) is 23.0 Å². The Kier molecular flexibility index (Phi) is 17.3. The molecule has 6 N–H and O–H groups in total. The zero-order valence-electron chi connectivity index (χ0n) is 34.4. The van der Waals surface area contributed by atoms with Crippen LogP contribution in [-0.2, 0) is 42.5 Å². The Morgan fingerprint density at radius 3 is 1.92 bits per heavy atom. The molecule has 0 fully saturated rings. The number of benzene rings is 4. The number of nitrogens with one attached hydrogen (secondary N) is 2. The maximum Gasteiger partial charge on any atom is 0.306 e. The largest absolute Gasteiger partial charge is 0.496 e. The van der Waals surface area contributed by atoms with Crippen LogP contribution in [-0.4, -0.2) is 69.8 Å². The molecule has 1 heterocycles. The van der Waals surface area contributed by atoms with Gasteiger partial charge in [-0.3, -0.25) is 14.6 Å². The molecule has 0 amide bonds. The van der Waals surface area contributed by atoms with Gasteiger partial charge in [0, 0.05) is 71.9 Å². The van der Waals surface area contributed by atoms with E-state index in [0.29, 0.717) is 61.8 Å². The van der Waals surface area contributed by atoms with Crippen molar-refractivity contribution in [2.45, 2.75) is 71.8 Å². The van der Waals surface area contributed by atoms with Gasteiger partial charge in [0.05, 0.1) is 42.7 Å². The normalized spacial score (nSPS) is 12.0. The molecule has 0 saturated heterocycles. The second kappa shape index (κ2) is 22.8. The molecule has 1 aromatic heterocycles. The number of methoxy groups -OCH3 is 1. The quantitative estimate of drug-likeness (QED) is 0.0385. The van der Waals surface area contributed by atoms with Crippen LogP contribution in [0.3, 0.4) is 0 Å². The van der Waals surface area contributed by atoms with E-state index in [1.165, 1.54) is 6.20 Å². The Bertz CT molecular complexity index is 2410. The highest BCUT2D eigenvalue weighted by Crippen LogP contribution is 2.37. The van der Waals surface area contributed by atoms with Gasteiger partial charge < -0.3 is 50.0 Å². The van der Waals surface area contributed by atoms with Crippen molar-refractivity contribution in [1.82, 2.24) is 15.6 Å². The highest BCUT2D eigenvalue weighted by atomic mass is 35.5. The number of aliphatic carboxylic acids is 2. The smallest absolute Gasteiger partial charge is 0.306 e. The van der Waals surface area contributed by atoms with Gasteiger partial charge >= 0.3 is 11.9 Å². The molecule has 5 rings (SSSR count). The Labute approximate surface area is 369 Å². The summed E-state index contributed by atoms with van der Waals surface area (Å²) < 4.78 is 24.4. The molecule has 16 heteroatoms. The van der Waals surface area contributed by atoms with Crippen LogP contribution in [0.15, 0.2) is 79.1 Å². The van der Waals surface area contributed by atoms with Gasteiger partial charge in [0.15, 0.2) is 0 Å². The third kappa shape index (κ3) is 13.3. The molecule has 5 aromatic rings. The highest BCUT2D eigenvalue weighted by Gasteiger charge is 2.18. The molecule has 0 bridgehead atoms. The van der Waals surface area contributed by atoms with E-state index in [0.717, 1.165) is 33.4 Å². The summed E-state index contributed by atoms with van der Waals surface area (Å²) in [7, 11) is 1.54. The SMILES string of the molecule is COc1cc(COc2cccc(-c3cccc(COc4cc(OCc5cncc(C#N)c5)c(CNC[C@@H](O)CC(=O)O)cc4Cl)c3C)c2C)c(Cl)cc1CNC[C@@H](O)CC(=O)O. The van der Waals surface area contributed by atoms with E-state index < -0.39 is 30.6 Å². The third-order valence-corrected chi connectivity index (χ3v) is 10.5. The topological polar surface area (TPSA) is 213 Å². The zero-order chi connectivity index (χ0) is 44.8. The Balaban J connectivity index is 1.30.